The van der Waals surface area contributed by atoms with E-state index in [0.717, 1.165) is 23.9 Å². The lowest BCUT2D eigenvalue weighted by atomic mass is 9.83. The van der Waals surface area contributed by atoms with Gasteiger partial charge in [-0.25, -0.2) is 0 Å². The Labute approximate surface area is 189 Å². The van der Waals surface area contributed by atoms with Gasteiger partial charge in [0.05, 0.1) is 25.7 Å². The molecule has 3 heteroatoms. The summed E-state index contributed by atoms with van der Waals surface area (Å²) in [4.78, 5) is 2.74. The molecule has 2 saturated heterocycles. The van der Waals surface area contributed by atoms with E-state index in [1.807, 2.05) is 0 Å². The molecule has 2 saturated carbocycles. The maximum atomic E-state index is 2.74. The Morgan fingerprint density at radius 1 is 0.667 bits per heavy atom. The van der Waals surface area contributed by atoms with Gasteiger partial charge < -0.3 is 14.9 Å². The van der Waals surface area contributed by atoms with Gasteiger partial charge in [0.15, 0.2) is 0 Å². The van der Waals surface area contributed by atoms with Gasteiger partial charge in [0.2, 0.25) is 0 Å². The van der Waals surface area contributed by atoms with E-state index < -0.39 is 0 Å². The van der Waals surface area contributed by atoms with Gasteiger partial charge in [-0.15, -0.1) is 0 Å². The number of hydrogen-bond donors (Lipinski definition) is 0. The van der Waals surface area contributed by atoms with Crippen LogP contribution < -0.4 is 0 Å². The van der Waals surface area contributed by atoms with Crippen molar-refractivity contribution in [3.05, 3.63) is 0 Å². The normalized spacial score (nSPS) is 33.5. The molecule has 4 aliphatic rings. The number of nitrogens with zero attached hydrogens (tertiary/aromatic N) is 2. The molecule has 4 unspecified atom stereocenters. The molecule has 0 radical (unpaired) electrons. The van der Waals surface area contributed by atoms with Crippen LogP contribution in [0.25, 0.3) is 0 Å². The van der Waals surface area contributed by atoms with E-state index in [1.165, 1.54) is 121 Å². The highest BCUT2D eigenvalue weighted by molar-refractivity contribution is 4.83. The molecule has 0 bridgehead atoms. The second kappa shape index (κ2) is 14.9. The van der Waals surface area contributed by atoms with E-state index in [-0.39, 0.29) is 5.48 Å². The van der Waals surface area contributed by atoms with Crippen LogP contribution in [0.15, 0.2) is 0 Å². The molecule has 2 aliphatic carbocycles. The van der Waals surface area contributed by atoms with Crippen LogP contribution in [-0.2, 0) is 0 Å². The number of rotatable bonds is 3. The van der Waals surface area contributed by atoms with Crippen LogP contribution in [0.1, 0.15) is 118 Å². The molecule has 180 valence electrons. The highest BCUT2D eigenvalue weighted by atomic mass is 16.0. The van der Waals surface area contributed by atoms with Gasteiger partial charge in [0, 0.05) is 24.8 Å². The number of likely N-dealkylation sites (tertiary alicyclic amines) is 2. The third kappa shape index (κ3) is 7.78. The topological polar surface area (TPSA) is 33.2 Å². The van der Waals surface area contributed by atoms with Gasteiger partial charge in [-0.2, -0.15) is 0 Å². The maximum absolute atomic E-state index is 2.74. The highest BCUT2D eigenvalue weighted by Gasteiger charge is 2.41. The molecule has 2 aliphatic heterocycles. The van der Waals surface area contributed by atoms with Gasteiger partial charge in [0.1, 0.15) is 0 Å². The lowest BCUT2D eigenvalue weighted by molar-refractivity contribution is -0.943. The smallest absolute Gasteiger partial charge is 0.0916 e. The second-order valence-electron chi connectivity index (χ2n) is 10.8. The molecular formula is C27H56N2O. The fraction of sp³-hybridized carbons (Fsp3) is 1.00. The summed E-state index contributed by atoms with van der Waals surface area (Å²) in [7, 11) is 0. The Morgan fingerprint density at radius 2 is 1.17 bits per heavy atom. The van der Waals surface area contributed by atoms with E-state index >= 15 is 0 Å². The number of hydrogen-bond acceptors (Lipinski definition) is 2. The van der Waals surface area contributed by atoms with Gasteiger partial charge in [-0.1, -0.05) is 53.4 Å². The zero-order chi connectivity index (χ0) is 21.1. The predicted molar refractivity (Wildman–Crippen MR) is 131 cm³/mol. The summed E-state index contributed by atoms with van der Waals surface area (Å²) in [6, 6.07) is 1.96. The van der Waals surface area contributed by atoms with Gasteiger partial charge >= 0.3 is 0 Å². The van der Waals surface area contributed by atoms with E-state index in [1.54, 1.807) is 0 Å². The minimum atomic E-state index is 0. The monoisotopic (exact) mass is 424 g/mol. The standard InChI is InChI=1S/C13H26N.C11H21N.C3H8.H2O/c1-3-14(10-6-7-11-14)13-9-5-4-8-12(13)2;1-10-6-2-3-7-11(10)12-8-4-5-9-12;1-3-2;/h12-13H,3-11H2,1-2H3;10-11H,2-9H2,1H3;3H2,1-2H3;1H2/q+1;;;/p-1. The third-order valence-corrected chi connectivity index (χ3v) is 8.53. The first-order valence-corrected chi connectivity index (χ1v) is 13.7. The zero-order valence-electron chi connectivity index (χ0n) is 21.4. The summed E-state index contributed by atoms with van der Waals surface area (Å²) in [5.74, 6) is 1.96. The van der Waals surface area contributed by atoms with Crippen LogP contribution in [-0.4, -0.2) is 59.7 Å². The Bertz CT molecular complexity index is 415. The summed E-state index contributed by atoms with van der Waals surface area (Å²) in [6.45, 7) is 18.7. The molecule has 0 aromatic rings. The molecule has 0 aromatic carbocycles. The van der Waals surface area contributed by atoms with E-state index in [4.69, 9.17) is 0 Å². The quantitative estimate of drug-likeness (QED) is 0.453. The van der Waals surface area contributed by atoms with Crippen LogP contribution >= 0.6 is 0 Å². The summed E-state index contributed by atoms with van der Waals surface area (Å²) in [5, 5.41) is 0. The first-order chi connectivity index (χ1) is 14.1. The average molecular weight is 425 g/mol. The largest absolute Gasteiger partial charge is 0.870 e. The van der Waals surface area contributed by atoms with Crippen molar-refractivity contribution in [1.29, 1.82) is 0 Å². The average Bonchev–Trinajstić information content (AvgIpc) is 3.43. The van der Waals surface area contributed by atoms with Crippen LogP contribution in [0.2, 0.25) is 0 Å². The lowest BCUT2D eigenvalue weighted by Gasteiger charge is -2.45. The Hall–Kier alpha value is -0.120. The van der Waals surface area contributed by atoms with Crippen LogP contribution in [0, 0.1) is 11.8 Å². The van der Waals surface area contributed by atoms with Crippen molar-refractivity contribution in [2.24, 2.45) is 11.8 Å². The second-order valence-corrected chi connectivity index (χ2v) is 10.8. The fourth-order valence-corrected chi connectivity index (χ4v) is 6.87. The van der Waals surface area contributed by atoms with Gasteiger partial charge in [-0.05, 0) is 70.9 Å². The van der Waals surface area contributed by atoms with Crippen molar-refractivity contribution in [1.82, 2.24) is 4.90 Å². The Balaban J connectivity index is 0.000000260. The molecule has 2 heterocycles. The van der Waals surface area contributed by atoms with Crippen LogP contribution in [0.4, 0.5) is 0 Å². The van der Waals surface area contributed by atoms with E-state index in [2.05, 4.69) is 39.5 Å². The maximum Gasteiger partial charge on any atom is 0.0916 e. The summed E-state index contributed by atoms with van der Waals surface area (Å²) >= 11 is 0. The first kappa shape index (κ1) is 27.9. The SMILES string of the molecule is CC1CCCCC1N1CCCC1.CCC.CC[N+]1(C2CCCCC2C)CCCC1.[OH-]. The lowest BCUT2D eigenvalue weighted by Crippen LogP contribution is -2.56. The molecule has 3 nitrogen and oxygen atoms in total. The molecule has 0 amide bonds. The minimum absolute atomic E-state index is 0. The zero-order valence-corrected chi connectivity index (χ0v) is 21.4. The molecule has 4 atom stereocenters. The van der Waals surface area contributed by atoms with Crippen molar-refractivity contribution in [3.63, 3.8) is 0 Å². The summed E-state index contributed by atoms with van der Waals surface area (Å²) in [5.41, 5.74) is 0. The van der Waals surface area contributed by atoms with Crippen molar-refractivity contribution in [2.75, 3.05) is 32.7 Å². The van der Waals surface area contributed by atoms with E-state index in [9.17, 15) is 0 Å². The van der Waals surface area contributed by atoms with Gasteiger partial charge in [0.25, 0.3) is 0 Å². The molecule has 30 heavy (non-hydrogen) atoms. The van der Waals surface area contributed by atoms with Crippen LogP contribution in [0.3, 0.4) is 0 Å². The van der Waals surface area contributed by atoms with Crippen molar-refractivity contribution in [3.8, 4) is 0 Å². The van der Waals surface area contributed by atoms with E-state index in [0.29, 0.717) is 0 Å². The highest BCUT2D eigenvalue weighted by Crippen LogP contribution is 2.36. The summed E-state index contributed by atoms with van der Waals surface area (Å²) < 4.78 is 1.47. The molecule has 0 aromatic heterocycles. The Morgan fingerprint density at radius 3 is 1.67 bits per heavy atom. The van der Waals surface area contributed by atoms with Crippen LogP contribution in [0.5, 0.6) is 0 Å². The summed E-state index contributed by atoms with van der Waals surface area (Å²) in [6.07, 6.45) is 19.0. The molecule has 4 rings (SSSR count). The molecule has 0 spiro atoms. The molecule has 1 N–H and O–H groups in total. The Kier molecular flexibility index (Phi) is 13.8. The van der Waals surface area contributed by atoms with Gasteiger partial charge in [-0.3, -0.25) is 0 Å². The predicted octanol–water partition coefficient (Wildman–Crippen LogP) is 7.10. The van der Waals surface area contributed by atoms with Crippen molar-refractivity contribution in [2.45, 2.75) is 130 Å². The molecule has 4 fully saturated rings. The third-order valence-electron chi connectivity index (χ3n) is 8.53. The molecular weight excluding hydrogens is 368 g/mol. The first-order valence-electron chi connectivity index (χ1n) is 13.7. The number of quaternary nitrogens is 1. The van der Waals surface area contributed by atoms with Crippen molar-refractivity contribution >= 4 is 0 Å². The minimum Gasteiger partial charge on any atom is -0.870 e. The fourth-order valence-electron chi connectivity index (χ4n) is 6.87. The van der Waals surface area contributed by atoms with Crippen molar-refractivity contribution < 1.29 is 9.96 Å².